The van der Waals surface area contributed by atoms with Crippen LogP contribution in [-0.4, -0.2) is 45.2 Å². The van der Waals surface area contributed by atoms with Gasteiger partial charge in [-0.05, 0) is 62.4 Å². The van der Waals surface area contributed by atoms with E-state index in [0.29, 0.717) is 29.9 Å². The molecule has 0 aliphatic carbocycles. The summed E-state index contributed by atoms with van der Waals surface area (Å²) in [6.07, 6.45) is -3.80. The minimum Gasteiger partial charge on any atom is -0.402 e. The van der Waals surface area contributed by atoms with Gasteiger partial charge >= 0.3 is 12.2 Å². The fraction of sp³-hybridized carbons (Fsp3) is 0.500. The summed E-state index contributed by atoms with van der Waals surface area (Å²) in [4.78, 5) is 4.70. The number of hydrogen-bond donors (Lipinski definition) is 3. The van der Waals surface area contributed by atoms with Crippen molar-refractivity contribution >= 4 is 22.6 Å². The predicted octanol–water partition coefficient (Wildman–Crippen LogP) is 5.26. The molecule has 0 aliphatic rings. The molecule has 2 aromatic heterocycles. The van der Waals surface area contributed by atoms with E-state index >= 15 is 0 Å². The van der Waals surface area contributed by atoms with Gasteiger partial charge in [-0.15, -0.1) is 5.10 Å². The number of fused-ring (bicyclic) bond motifs is 1. The third kappa shape index (κ3) is 6.09. The quantitative estimate of drug-likeness (QED) is 0.430. The molecule has 0 amide bonds. The predicted molar refractivity (Wildman–Crippen MR) is 118 cm³/mol. The van der Waals surface area contributed by atoms with Gasteiger partial charge < -0.3 is 20.2 Å². The fourth-order valence-electron chi connectivity index (χ4n) is 3.25. The van der Waals surface area contributed by atoms with Gasteiger partial charge in [-0.2, -0.15) is 13.2 Å². The first kappa shape index (κ1) is 23.8. The van der Waals surface area contributed by atoms with Gasteiger partial charge in [0.15, 0.2) is 0 Å². The van der Waals surface area contributed by atoms with Crippen LogP contribution in [0.25, 0.3) is 22.5 Å². The van der Waals surface area contributed by atoms with Gasteiger partial charge in [0.25, 0.3) is 5.89 Å². The molecule has 0 radical (unpaired) electrons. The Balaban J connectivity index is 1.93. The highest BCUT2D eigenvalue weighted by Gasteiger charge is 2.27. The van der Waals surface area contributed by atoms with Crippen molar-refractivity contribution in [3.8, 4) is 11.6 Å². The third-order valence-electron chi connectivity index (χ3n) is 4.92. The van der Waals surface area contributed by atoms with Crippen molar-refractivity contribution in [1.29, 1.82) is 0 Å². The number of nitrogens with one attached hydrogen (secondary N) is 2. The number of aryl methyl sites for hydroxylation is 1. The van der Waals surface area contributed by atoms with E-state index in [-0.39, 0.29) is 17.8 Å². The lowest BCUT2D eigenvalue weighted by molar-refractivity contribution is -0.115. The van der Waals surface area contributed by atoms with Crippen LogP contribution in [0.1, 0.15) is 51.2 Å². The summed E-state index contributed by atoms with van der Waals surface area (Å²) in [7, 11) is 0. The highest BCUT2D eigenvalue weighted by molar-refractivity contribution is 5.90. The molecule has 10 heteroatoms. The molecule has 7 nitrogen and oxygen atoms in total. The number of benzene rings is 1. The summed E-state index contributed by atoms with van der Waals surface area (Å²) in [5.74, 6) is 0.267. The second-order valence-corrected chi connectivity index (χ2v) is 8.81. The lowest BCUT2D eigenvalue weighted by atomic mass is 9.96. The number of aliphatic hydroxyl groups is 1. The van der Waals surface area contributed by atoms with Crippen molar-refractivity contribution in [2.75, 3.05) is 23.7 Å². The molecule has 0 unspecified atom stereocenters. The number of rotatable bonds is 8. The van der Waals surface area contributed by atoms with Crippen LogP contribution < -0.4 is 10.6 Å². The second-order valence-electron chi connectivity index (χ2n) is 8.81. The Labute approximate surface area is 184 Å². The van der Waals surface area contributed by atoms with Crippen LogP contribution in [0.3, 0.4) is 0 Å². The highest BCUT2D eigenvalue weighted by Crippen LogP contribution is 2.33. The van der Waals surface area contributed by atoms with Crippen LogP contribution in [0.5, 0.6) is 0 Å². The lowest BCUT2D eigenvalue weighted by Crippen LogP contribution is -2.22. The van der Waals surface area contributed by atoms with E-state index in [0.717, 1.165) is 16.5 Å². The van der Waals surface area contributed by atoms with Crippen LogP contribution in [0.15, 0.2) is 22.6 Å². The average Bonchev–Trinajstić information content (AvgIpc) is 3.13. The molecule has 3 N–H and O–H groups in total. The van der Waals surface area contributed by atoms with E-state index in [1.165, 1.54) is 0 Å². The summed E-state index contributed by atoms with van der Waals surface area (Å²) < 4.78 is 43.6. The second kappa shape index (κ2) is 8.93. The van der Waals surface area contributed by atoms with Crippen LogP contribution in [0, 0.1) is 6.92 Å². The van der Waals surface area contributed by atoms with Crippen molar-refractivity contribution in [3.63, 3.8) is 0 Å². The van der Waals surface area contributed by atoms with E-state index in [1.54, 1.807) is 32.0 Å². The van der Waals surface area contributed by atoms with E-state index in [9.17, 15) is 18.3 Å². The molecular formula is C22H28F3N5O2. The lowest BCUT2D eigenvalue weighted by Gasteiger charge is -2.16. The molecule has 0 spiro atoms. The van der Waals surface area contributed by atoms with Gasteiger partial charge in [0.2, 0.25) is 0 Å². The molecule has 0 bridgehead atoms. The normalized spacial score (nSPS) is 12.6. The van der Waals surface area contributed by atoms with Crippen molar-refractivity contribution in [2.45, 2.75) is 58.7 Å². The molecule has 0 fully saturated rings. The van der Waals surface area contributed by atoms with Gasteiger partial charge in [-0.1, -0.05) is 18.9 Å². The third-order valence-corrected chi connectivity index (χ3v) is 4.92. The molecule has 174 valence electrons. The van der Waals surface area contributed by atoms with E-state index in [1.807, 2.05) is 20.8 Å². The largest absolute Gasteiger partial charge is 0.405 e. The number of anilines is 2. The molecule has 0 atom stereocenters. The molecule has 3 rings (SSSR count). The zero-order chi connectivity index (χ0) is 23.7. The Bertz CT molecular complexity index is 1090. The summed E-state index contributed by atoms with van der Waals surface area (Å²) in [5.41, 5.74) is 2.40. The molecule has 32 heavy (non-hydrogen) atoms. The van der Waals surface area contributed by atoms with Gasteiger partial charge in [-0.3, -0.25) is 0 Å². The minimum absolute atomic E-state index is 0.0361. The molecule has 0 saturated carbocycles. The summed E-state index contributed by atoms with van der Waals surface area (Å²) in [6, 6.07) is 5.37. The maximum atomic E-state index is 12.7. The van der Waals surface area contributed by atoms with Crippen LogP contribution in [0.2, 0.25) is 0 Å². The Hall–Kier alpha value is -2.88. The topological polar surface area (TPSA) is 96.1 Å². The number of aromatic nitrogens is 3. The highest BCUT2D eigenvalue weighted by atomic mass is 19.4. The first-order valence-electron chi connectivity index (χ1n) is 10.4. The molecule has 0 aliphatic heterocycles. The van der Waals surface area contributed by atoms with Crippen LogP contribution in [-0.2, 0) is 0 Å². The molecule has 3 aromatic rings. The molecular weight excluding hydrogens is 423 g/mol. The van der Waals surface area contributed by atoms with E-state index in [4.69, 9.17) is 9.40 Å². The Morgan fingerprint density at radius 2 is 1.81 bits per heavy atom. The van der Waals surface area contributed by atoms with E-state index < -0.39 is 18.3 Å². The molecule has 1 aromatic carbocycles. The van der Waals surface area contributed by atoms with Crippen molar-refractivity contribution in [2.24, 2.45) is 0 Å². The number of halogens is 3. The molecule has 0 saturated heterocycles. The maximum Gasteiger partial charge on any atom is 0.405 e. The first-order chi connectivity index (χ1) is 14.8. The Kier molecular flexibility index (Phi) is 6.64. The Morgan fingerprint density at radius 1 is 1.09 bits per heavy atom. The van der Waals surface area contributed by atoms with Crippen molar-refractivity contribution in [1.82, 2.24) is 15.2 Å². The average molecular weight is 451 g/mol. The summed E-state index contributed by atoms with van der Waals surface area (Å²) in [5, 5.41) is 24.0. The van der Waals surface area contributed by atoms with Crippen molar-refractivity contribution < 1.29 is 22.7 Å². The Morgan fingerprint density at radius 3 is 2.44 bits per heavy atom. The van der Waals surface area contributed by atoms with Crippen LogP contribution >= 0.6 is 0 Å². The SMILES string of the molecule is Cc1cc(-c2nnc(NCCC(C)(C)O)o2)nc2c(C(C)C)cc(NCC(F)(F)F)cc12. The standard InChI is InChI=1S/C22H28F3N5O2/c1-12(2)15-9-14(27-11-22(23,24)25)10-16-13(3)8-17(28-18(15)16)19-29-30-20(32-19)26-7-6-21(4,5)31/h8-10,12,27,31H,6-7,11H2,1-5H3,(H,26,30). The monoisotopic (exact) mass is 451 g/mol. The first-order valence-corrected chi connectivity index (χ1v) is 10.4. The zero-order valence-electron chi connectivity index (χ0n) is 18.8. The van der Waals surface area contributed by atoms with E-state index in [2.05, 4.69) is 20.8 Å². The van der Waals surface area contributed by atoms with Crippen LogP contribution in [0.4, 0.5) is 24.9 Å². The smallest absolute Gasteiger partial charge is 0.402 e. The minimum atomic E-state index is -4.30. The number of alkyl halides is 3. The maximum absolute atomic E-state index is 12.7. The summed E-state index contributed by atoms with van der Waals surface area (Å²) in [6.45, 7) is 8.57. The zero-order valence-corrected chi connectivity index (χ0v) is 18.8. The van der Waals surface area contributed by atoms with Crippen molar-refractivity contribution in [3.05, 3.63) is 29.3 Å². The van der Waals surface area contributed by atoms with Gasteiger partial charge in [0, 0.05) is 17.6 Å². The number of nitrogens with zero attached hydrogens (tertiary/aromatic N) is 3. The fourth-order valence-corrected chi connectivity index (χ4v) is 3.25. The number of hydrogen-bond acceptors (Lipinski definition) is 7. The van der Waals surface area contributed by atoms with Gasteiger partial charge in [-0.25, -0.2) is 4.98 Å². The number of pyridine rings is 1. The van der Waals surface area contributed by atoms with Gasteiger partial charge in [0.05, 0.1) is 11.1 Å². The molecule has 2 heterocycles. The summed E-state index contributed by atoms with van der Waals surface area (Å²) >= 11 is 0. The van der Waals surface area contributed by atoms with Gasteiger partial charge in [0.1, 0.15) is 12.2 Å².